The van der Waals surface area contributed by atoms with Crippen molar-refractivity contribution in [2.45, 2.75) is 25.8 Å². The minimum Gasteiger partial charge on any atom is -0.399 e. The van der Waals surface area contributed by atoms with Gasteiger partial charge in [-0.3, -0.25) is 0 Å². The molecule has 1 aliphatic rings. The summed E-state index contributed by atoms with van der Waals surface area (Å²) in [6.45, 7) is 5.62. The molecular weight excluding hydrogens is 236 g/mol. The summed E-state index contributed by atoms with van der Waals surface area (Å²) in [4.78, 5) is 4.71. The molecule has 19 heavy (non-hydrogen) atoms. The summed E-state index contributed by atoms with van der Waals surface area (Å²) in [6.07, 6.45) is 2.30. The Kier molecular flexibility index (Phi) is 4.28. The van der Waals surface area contributed by atoms with Gasteiger partial charge in [0.25, 0.3) is 0 Å². The number of nitrogens with zero attached hydrogens (tertiary/aromatic N) is 3. The number of piperidine rings is 1. The van der Waals surface area contributed by atoms with Gasteiger partial charge in [-0.15, -0.1) is 0 Å². The van der Waals surface area contributed by atoms with Crippen molar-refractivity contribution in [1.29, 1.82) is 5.26 Å². The largest absolute Gasteiger partial charge is 0.399 e. The van der Waals surface area contributed by atoms with Crippen LogP contribution in [0.2, 0.25) is 0 Å². The number of nitrogens with two attached hydrogens (primary N) is 1. The maximum Gasteiger partial charge on any atom is 0.101 e. The van der Waals surface area contributed by atoms with Crippen LogP contribution in [-0.2, 0) is 0 Å². The van der Waals surface area contributed by atoms with Crippen molar-refractivity contribution in [2.24, 2.45) is 0 Å². The molecule has 4 heteroatoms. The molecule has 0 amide bonds. The molecule has 1 fully saturated rings. The van der Waals surface area contributed by atoms with Crippen LogP contribution < -0.4 is 10.6 Å². The summed E-state index contributed by atoms with van der Waals surface area (Å²) in [7, 11) is 2.08. The van der Waals surface area contributed by atoms with Gasteiger partial charge in [-0.2, -0.15) is 5.26 Å². The molecule has 1 saturated heterocycles. The van der Waals surface area contributed by atoms with Gasteiger partial charge in [0, 0.05) is 31.9 Å². The number of rotatable bonds is 3. The maximum absolute atomic E-state index is 9.23. The third-order valence-electron chi connectivity index (χ3n) is 4.07. The van der Waals surface area contributed by atoms with E-state index in [4.69, 9.17) is 5.73 Å². The van der Waals surface area contributed by atoms with Gasteiger partial charge < -0.3 is 15.5 Å². The van der Waals surface area contributed by atoms with Crippen LogP contribution in [0, 0.1) is 11.3 Å². The van der Waals surface area contributed by atoms with Crippen LogP contribution in [0.15, 0.2) is 18.2 Å². The zero-order valence-corrected chi connectivity index (χ0v) is 11.8. The van der Waals surface area contributed by atoms with Crippen LogP contribution >= 0.6 is 0 Å². The van der Waals surface area contributed by atoms with E-state index in [2.05, 4.69) is 29.8 Å². The van der Waals surface area contributed by atoms with Crippen LogP contribution in [0.5, 0.6) is 0 Å². The van der Waals surface area contributed by atoms with E-state index in [1.54, 1.807) is 6.07 Å². The van der Waals surface area contributed by atoms with E-state index in [9.17, 15) is 5.26 Å². The van der Waals surface area contributed by atoms with Crippen molar-refractivity contribution in [2.75, 3.05) is 37.3 Å². The third kappa shape index (κ3) is 2.99. The molecule has 1 aromatic rings. The Morgan fingerprint density at radius 2 is 2.11 bits per heavy atom. The van der Waals surface area contributed by atoms with Crippen LogP contribution in [0.25, 0.3) is 0 Å². The fourth-order valence-corrected chi connectivity index (χ4v) is 2.77. The SMILES string of the molecule is CCN1CCC(N(C)c2ccc(N)cc2C#N)CC1. The Balaban J connectivity index is 2.12. The van der Waals surface area contributed by atoms with Gasteiger partial charge in [0.1, 0.15) is 6.07 Å². The van der Waals surface area contributed by atoms with Gasteiger partial charge in [0.15, 0.2) is 0 Å². The summed E-state index contributed by atoms with van der Waals surface area (Å²) in [5.74, 6) is 0. The zero-order chi connectivity index (χ0) is 13.8. The molecule has 2 rings (SSSR count). The molecule has 0 atom stereocenters. The number of nitrogen functional groups attached to an aromatic ring is 1. The van der Waals surface area contributed by atoms with E-state index in [1.807, 2.05) is 12.1 Å². The van der Waals surface area contributed by atoms with Gasteiger partial charge >= 0.3 is 0 Å². The van der Waals surface area contributed by atoms with Gasteiger partial charge in [-0.05, 0) is 37.6 Å². The lowest BCUT2D eigenvalue weighted by Crippen LogP contribution is -2.43. The number of hydrogen-bond donors (Lipinski definition) is 1. The molecule has 1 aromatic carbocycles. The predicted octanol–water partition coefficient (Wildman–Crippen LogP) is 2.06. The number of benzene rings is 1. The van der Waals surface area contributed by atoms with E-state index < -0.39 is 0 Å². The molecule has 0 spiro atoms. The fraction of sp³-hybridized carbons (Fsp3) is 0.533. The Bertz CT molecular complexity index is 470. The van der Waals surface area contributed by atoms with E-state index in [0.717, 1.165) is 38.2 Å². The Morgan fingerprint density at radius 1 is 1.42 bits per heavy atom. The highest BCUT2D eigenvalue weighted by atomic mass is 15.2. The number of hydrogen-bond acceptors (Lipinski definition) is 4. The molecule has 0 bridgehead atoms. The average molecular weight is 258 g/mol. The maximum atomic E-state index is 9.23. The smallest absolute Gasteiger partial charge is 0.101 e. The minimum atomic E-state index is 0.513. The molecular formula is C15H22N4. The summed E-state index contributed by atoms with van der Waals surface area (Å²) < 4.78 is 0. The van der Waals surface area contributed by atoms with Crippen molar-refractivity contribution < 1.29 is 0 Å². The van der Waals surface area contributed by atoms with Crippen LogP contribution in [0.3, 0.4) is 0 Å². The standard InChI is InChI=1S/C15H22N4/c1-3-19-8-6-14(7-9-19)18(2)15-5-4-13(17)10-12(15)11-16/h4-5,10,14H,3,6-9,17H2,1-2H3. The van der Waals surface area contributed by atoms with Crippen molar-refractivity contribution in [3.63, 3.8) is 0 Å². The van der Waals surface area contributed by atoms with E-state index in [1.165, 1.54) is 0 Å². The third-order valence-corrected chi connectivity index (χ3v) is 4.07. The molecule has 1 aliphatic heterocycles. The first-order valence-corrected chi connectivity index (χ1v) is 6.90. The lowest BCUT2D eigenvalue weighted by atomic mass is 10.0. The molecule has 1 heterocycles. The Hall–Kier alpha value is -1.73. The molecule has 0 unspecified atom stereocenters. The van der Waals surface area contributed by atoms with Crippen LogP contribution in [0.1, 0.15) is 25.3 Å². The van der Waals surface area contributed by atoms with Gasteiger partial charge in [0.05, 0.1) is 11.3 Å². The molecule has 2 N–H and O–H groups in total. The fourth-order valence-electron chi connectivity index (χ4n) is 2.77. The summed E-state index contributed by atoms with van der Waals surface area (Å²) in [6, 6.07) is 8.34. The summed E-state index contributed by atoms with van der Waals surface area (Å²) in [5.41, 5.74) is 8.05. The van der Waals surface area contributed by atoms with Crippen molar-refractivity contribution in [1.82, 2.24) is 4.90 Å². The van der Waals surface area contributed by atoms with Crippen molar-refractivity contribution in [3.8, 4) is 6.07 Å². The molecule has 0 saturated carbocycles. The average Bonchev–Trinajstić information content (AvgIpc) is 2.46. The summed E-state index contributed by atoms with van der Waals surface area (Å²) in [5, 5.41) is 9.23. The number of nitriles is 1. The first-order chi connectivity index (χ1) is 9.15. The van der Waals surface area contributed by atoms with Gasteiger partial charge in [0.2, 0.25) is 0 Å². The predicted molar refractivity (Wildman–Crippen MR) is 79.1 cm³/mol. The highest BCUT2D eigenvalue weighted by molar-refractivity contribution is 5.64. The topological polar surface area (TPSA) is 56.3 Å². The van der Waals surface area contributed by atoms with Gasteiger partial charge in [-0.1, -0.05) is 6.92 Å². The van der Waals surface area contributed by atoms with Crippen LogP contribution in [-0.4, -0.2) is 37.6 Å². The van der Waals surface area contributed by atoms with E-state index in [-0.39, 0.29) is 0 Å². The monoisotopic (exact) mass is 258 g/mol. The molecule has 0 aliphatic carbocycles. The normalized spacial score (nSPS) is 17.1. The highest BCUT2D eigenvalue weighted by Crippen LogP contribution is 2.26. The Labute approximate surface area is 115 Å². The number of anilines is 2. The van der Waals surface area contributed by atoms with E-state index in [0.29, 0.717) is 17.3 Å². The summed E-state index contributed by atoms with van der Waals surface area (Å²) >= 11 is 0. The van der Waals surface area contributed by atoms with Crippen molar-refractivity contribution >= 4 is 11.4 Å². The first-order valence-electron chi connectivity index (χ1n) is 6.90. The highest BCUT2D eigenvalue weighted by Gasteiger charge is 2.23. The zero-order valence-electron chi connectivity index (χ0n) is 11.8. The van der Waals surface area contributed by atoms with Gasteiger partial charge in [-0.25, -0.2) is 0 Å². The second-order valence-corrected chi connectivity index (χ2v) is 5.16. The lowest BCUT2D eigenvalue weighted by Gasteiger charge is -2.37. The molecule has 0 radical (unpaired) electrons. The van der Waals surface area contributed by atoms with Crippen molar-refractivity contribution in [3.05, 3.63) is 23.8 Å². The Morgan fingerprint density at radius 3 is 2.68 bits per heavy atom. The first kappa shape index (κ1) is 13.7. The quantitative estimate of drug-likeness (QED) is 0.843. The number of likely N-dealkylation sites (tertiary alicyclic amines) is 1. The van der Waals surface area contributed by atoms with Crippen LogP contribution in [0.4, 0.5) is 11.4 Å². The second kappa shape index (κ2) is 5.94. The molecule has 0 aromatic heterocycles. The molecule has 4 nitrogen and oxygen atoms in total. The molecule has 102 valence electrons. The van der Waals surface area contributed by atoms with E-state index >= 15 is 0 Å². The second-order valence-electron chi connectivity index (χ2n) is 5.16. The minimum absolute atomic E-state index is 0.513. The lowest BCUT2D eigenvalue weighted by molar-refractivity contribution is 0.221.